The number of fused-ring (bicyclic) bond motifs is 1. The van der Waals surface area contributed by atoms with Crippen LogP contribution < -0.4 is 5.32 Å². The van der Waals surface area contributed by atoms with Crippen molar-refractivity contribution in [2.75, 3.05) is 13.6 Å². The van der Waals surface area contributed by atoms with E-state index in [9.17, 15) is 4.39 Å². The largest absolute Gasteiger partial charge is 0.361 e. The minimum atomic E-state index is -0.562. The molecule has 0 aliphatic carbocycles. The Bertz CT molecular complexity index is 736. The molecule has 0 unspecified atom stereocenters. The van der Waals surface area contributed by atoms with Crippen LogP contribution in [0.5, 0.6) is 0 Å². The van der Waals surface area contributed by atoms with Crippen LogP contribution >= 0.6 is 0 Å². The fraction of sp³-hybridized carbons (Fsp3) is 0.316. The Morgan fingerprint density at radius 3 is 2.74 bits per heavy atom. The van der Waals surface area contributed by atoms with Crippen LogP contribution in [0.3, 0.4) is 0 Å². The van der Waals surface area contributed by atoms with E-state index in [0.29, 0.717) is 12.2 Å². The number of ether oxygens (including phenoxy) is 1. The molecule has 1 atom stereocenters. The number of nitrogens with one attached hydrogen (secondary N) is 1. The Kier molecular flexibility index (Phi) is 4.42. The highest BCUT2D eigenvalue weighted by Crippen LogP contribution is 2.45. The maximum atomic E-state index is 13.3. The van der Waals surface area contributed by atoms with E-state index in [1.165, 1.54) is 12.1 Å². The maximum Gasteiger partial charge on any atom is 0.123 e. The zero-order valence-corrected chi connectivity index (χ0v) is 13.1. The second-order valence-electron chi connectivity index (χ2n) is 5.81. The van der Waals surface area contributed by atoms with Crippen LogP contribution in [0.2, 0.25) is 0 Å². The fourth-order valence-corrected chi connectivity index (χ4v) is 3.28. The molecule has 0 aromatic heterocycles. The Morgan fingerprint density at radius 2 is 2.04 bits per heavy atom. The molecule has 2 aromatic carbocycles. The molecule has 4 heteroatoms. The summed E-state index contributed by atoms with van der Waals surface area (Å²) in [5.41, 5.74) is 3.15. The monoisotopic (exact) mass is 310 g/mol. The molecule has 3 rings (SSSR count). The summed E-state index contributed by atoms with van der Waals surface area (Å²) in [6.07, 6.45) is 1.74. The first-order valence-electron chi connectivity index (χ1n) is 7.78. The number of nitrogens with zero attached hydrogens (tertiary/aromatic N) is 1. The second kappa shape index (κ2) is 6.49. The molecule has 0 radical (unpaired) electrons. The third-order valence-electron chi connectivity index (χ3n) is 4.41. The van der Waals surface area contributed by atoms with Gasteiger partial charge in [0.15, 0.2) is 0 Å². The third kappa shape index (κ3) is 2.86. The number of hydrogen-bond donors (Lipinski definition) is 1. The van der Waals surface area contributed by atoms with Gasteiger partial charge in [0.1, 0.15) is 11.4 Å². The second-order valence-corrected chi connectivity index (χ2v) is 5.81. The molecule has 23 heavy (non-hydrogen) atoms. The molecule has 0 amide bonds. The topological polar surface area (TPSA) is 45.0 Å². The molecule has 0 fully saturated rings. The van der Waals surface area contributed by atoms with E-state index >= 15 is 0 Å². The SMILES string of the molecule is CNCCC[C@@]1(c2ccc(F)cc2)OCc2cc(C#N)ccc21. The summed E-state index contributed by atoms with van der Waals surface area (Å²) in [4.78, 5) is 0. The van der Waals surface area contributed by atoms with Crippen LogP contribution in [0, 0.1) is 17.1 Å². The van der Waals surface area contributed by atoms with Crippen molar-refractivity contribution in [3.63, 3.8) is 0 Å². The maximum absolute atomic E-state index is 13.3. The van der Waals surface area contributed by atoms with Crippen LogP contribution in [-0.2, 0) is 16.9 Å². The van der Waals surface area contributed by atoms with Gasteiger partial charge in [0.25, 0.3) is 0 Å². The lowest BCUT2D eigenvalue weighted by Gasteiger charge is -2.30. The van der Waals surface area contributed by atoms with Crippen LogP contribution in [0.4, 0.5) is 4.39 Å². The first-order chi connectivity index (χ1) is 11.2. The van der Waals surface area contributed by atoms with Crippen LogP contribution in [-0.4, -0.2) is 13.6 Å². The first kappa shape index (κ1) is 15.7. The molecule has 3 nitrogen and oxygen atoms in total. The van der Waals surface area contributed by atoms with Crippen molar-refractivity contribution in [1.29, 1.82) is 5.26 Å². The average molecular weight is 310 g/mol. The number of halogens is 1. The quantitative estimate of drug-likeness (QED) is 0.860. The summed E-state index contributed by atoms with van der Waals surface area (Å²) >= 11 is 0. The highest BCUT2D eigenvalue weighted by Gasteiger charge is 2.41. The summed E-state index contributed by atoms with van der Waals surface area (Å²) in [7, 11) is 1.92. The predicted molar refractivity (Wildman–Crippen MR) is 86.3 cm³/mol. The van der Waals surface area contributed by atoms with E-state index < -0.39 is 5.60 Å². The molecular weight excluding hydrogens is 291 g/mol. The smallest absolute Gasteiger partial charge is 0.123 e. The first-order valence-corrected chi connectivity index (χ1v) is 7.78. The lowest BCUT2D eigenvalue weighted by atomic mass is 9.81. The van der Waals surface area contributed by atoms with Gasteiger partial charge in [-0.1, -0.05) is 18.2 Å². The minimum absolute atomic E-state index is 0.253. The molecule has 0 saturated carbocycles. The summed E-state index contributed by atoms with van der Waals surface area (Å²) in [6.45, 7) is 1.36. The van der Waals surface area contributed by atoms with Crippen LogP contribution in [0.15, 0.2) is 42.5 Å². The number of nitriles is 1. The van der Waals surface area contributed by atoms with E-state index in [-0.39, 0.29) is 5.82 Å². The fourth-order valence-electron chi connectivity index (χ4n) is 3.28. The minimum Gasteiger partial charge on any atom is -0.361 e. The number of hydrogen-bond acceptors (Lipinski definition) is 3. The van der Waals surface area contributed by atoms with Crippen molar-refractivity contribution < 1.29 is 9.13 Å². The van der Waals surface area contributed by atoms with E-state index in [4.69, 9.17) is 10.00 Å². The lowest BCUT2D eigenvalue weighted by Crippen LogP contribution is -2.28. The van der Waals surface area contributed by atoms with Gasteiger partial charge in [-0.05, 0) is 67.4 Å². The molecule has 2 aromatic rings. The van der Waals surface area contributed by atoms with E-state index in [1.807, 2.05) is 25.2 Å². The van der Waals surface area contributed by atoms with Gasteiger partial charge < -0.3 is 10.1 Å². The van der Waals surface area contributed by atoms with Crippen molar-refractivity contribution in [2.45, 2.75) is 25.0 Å². The van der Waals surface area contributed by atoms with Gasteiger partial charge in [0, 0.05) is 0 Å². The molecule has 1 N–H and O–H groups in total. The Hall–Kier alpha value is -2.22. The van der Waals surface area contributed by atoms with E-state index in [0.717, 1.165) is 36.1 Å². The zero-order chi connectivity index (χ0) is 16.3. The van der Waals surface area contributed by atoms with E-state index in [2.05, 4.69) is 11.4 Å². The number of rotatable bonds is 5. The van der Waals surface area contributed by atoms with Crippen molar-refractivity contribution in [3.05, 3.63) is 70.5 Å². The highest BCUT2D eigenvalue weighted by atomic mass is 19.1. The van der Waals surface area contributed by atoms with Crippen molar-refractivity contribution in [1.82, 2.24) is 5.32 Å². The van der Waals surface area contributed by atoms with Gasteiger partial charge in [0.05, 0.1) is 18.2 Å². The zero-order valence-electron chi connectivity index (χ0n) is 13.1. The molecule has 1 heterocycles. The van der Waals surface area contributed by atoms with Crippen molar-refractivity contribution in [3.8, 4) is 6.07 Å². The summed E-state index contributed by atoms with van der Waals surface area (Å²) in [6, 6.07) is 14.4. The molecule has 118 valence electrons. The van der Waals surface area contributed by atoms with Crippen molar-refractivity contribution >= 4 is 0 Å². The third-order valence-corrected chi connectivity index (χ3v) is 4.41. The average Bonchev–Trinajstić information content (AvgIpc) is 2.95. The van der Waals surface area contributed by atoms with Crippen molar-refractivity contribution in [2.24, 2.45) is 0 Å². The standard InChI is InChI=1S/C19H19FN2O/c1-22-10-2-9-19(16-4-6-17(20)7-5-16)18-8-3-14(12-21)11-15(18)13-23-19/h3-8,11,22H,2,9-10,13H2,1H3/t19-/m0/s1. The Balaban J connectivity index is 2.05. The van der Waals surface area contributed by atoms with E-state index in [1.54, 1.807) is 12.1 Å². The number of benzene rings is 2. The summed E-state index contributed by atoms with van der Waals surface area (Å²) in [5, 5.41) is 12.2. The molecule has 1 aliphatic heterocycles. The Labute approximate surface area is 135 Å². The molecular formula is C19H19FN2O. The van der Waals surface area contributed by atoms with Gasteiger partial charge in [0.2, 0.25) is 0 Å². The summed E-state index contributed by atoms with van der Waals surface area (Å²) < 4.78 is 19.5. The predicted octanol–water partition coefficient (Wildman–Crippen LogP) is 3.47. The highest BCUT2D eigenvalue weighted by molar-refractivity contribution is 5.47. The normalized spacial score (nSPS) is 19.3. The van der Waals surface area contributed by atoms with Gasteiger partial charge in [-0.3, -0.25) is 0 Å². The van der Waals surface area contributed by atoms with Gasteiger partial charge in [-0.2, -0.15) is 5.26 Å². The molecule has 1 aliphatic rings. The lowest BCUT2D eigenvalue weighted by molar-refractivity contribution is -0.0128. The van der Waals surface area contributed by atoms with Gasteiger partial charge >= 0.3 is 0 Å². The molecule has 0 bridgehead atoms. The van der Waals surface area contributed by atoms with Crippen LogP contribution in [0.25, 0.3) is 0 Å². The van der Waals surface area contributed by atoms with Gasteiger partial charge in [-0.25, -0.2) is 4.39 Å². The molecule has 0 saturated heterocycles. The van der Waals surface area contributed by atoms with Gasteiger partial charge in [-0.15, -0.1) is 0 Å². The summed E-state index contributed by atoms with van der Waals surface area (Å²) in [5.74, 6) is -0.253. The molecule has 0 spiro atoms. The van der Waals surface area contributed by atoms with Crippen LogP contribution in [0.1, 0.15) is 35.1 Å². The Morgan fingerprint density at radius 1 is 1.26 bits per heavy atom.